The zero-order chi connectivity index (χ0) is 20.1. The van der Waals surface area contributed by atoms with Crippen LogP contribution in [0.15, 0.2) is 59.9 Å². The highest BCUT2D eigenvalue weighted by molar-refractivity contribution is 7.90. The van der Waals surface area contributed by atoms with Gasteiger partial charge in [0.1, 0.15) is 10.7 Å². The summed E-state index contributed by atoms with van der Waals surface area (Å²) in [7, 11) is -2.08. The number of hydrogen-bond donors (Lipinski definition) is 1. The standard InChI is InChI=1S/C21H22FN3O2S/c1-21(2)11-18(23-3)16-13-25(28(26,27)14-7-6-10-24-12-14)20(19(16)21)15-8-4-5-9-17(15)22/h4-10,12-13,18,23H,11H2,1-3H3. The van der Waals surface area contributed by atoms with E-state index in [0.29, 0.717) is 5.69 Å². The molecule has 1 aliphatic rings. The fourth-order valence-corrected chi connectivity index (χ4v) is 5.52. The number of nitrogens with one attached hydrogen (secondary N) is 1. The molecular weight excluding hydrogens is 377 g/mol. The summed E-state index contributed by atoms with van der Waals surface area (Å²) in [5.41, 5.74) is 2.11. The predicted octanol–water partition coefficient (Wildman–Crippen LogP) is 3.87. The zero-order valence-corrected chi connectivity index (χ0v) is 16.8. The van der Waals surface area contributed by atoms with E-state index in [2.05, 4.69) is 24.1 Å². The van der Waals surface area contributed by atoms with E-state index in [0.717, 1.165) is 17.5 Å². The second-order valence-electron chi connectivity index (χ2n) is 7.71. The van der Waals surface area contributed by atoms with E-state index in [1.165, 1.54) is 28.5 Å². The molecule has 0 saturated heterocycles. The van der Waals surface area contributed by atoms with Gasteiger partial charge in [-0.2, -0.15) is 0 Å². The molecule has 0 amide bonds. The number of pyridine rings is 1. The summed E-state index contributed by atoms with van der Waals surface area (Å²) in [4.78, 5) is 4.01. The molecule has 0 radical (unpaired) electrons. The Balaban J connectivity index is 2.08. The number of halogens is 1. The summed E-state index contributed by atoms with van der Waals surface area (Å²) >= 11 is 0. The second kappa shape index (κ2) is 6.53. The van der Waals surface area contributed by atoms with Gasteiger partial charge in [-0.25, -0.2) is 16.8 Å². The second-order valence-corrected chi connectivity index (χ2v) is 9.52. The van der Waals surface area contributed by atoms with E-state index in [4.69, 9.17) is 0 Å². The van der Waals surface area contributed by atoms with E-state index >= 15 is 0 Å². The Morgan fingerprint density at radius 3 is 2.61 bits per heavy atom. The topological polar surface area (TPSA) is 64.0 Å². The largest absolute Gasteiger partial charge is 0.313 e. The van der Waals surface area contributed by atoms with Gasteiger partial charge in [-0.05, 0) is 54.3 Å². The van der Waals surface area contributed by atoms with Gasteiger partial charge in [0.2, 0.25) is 0 Å². The molecule has 0 bridgehead atoms. The Hall–Kier alpha value is -2.51. The molecule has 4 rings (SSSR count). The predicted molar refractivity (Wildman–Crippen MR) is 106 cm³/mol. The van der Waals surface area contributed by atoms with Gasteiger partial charge in [-0.15, -0.1) is 0 Å². The molecule has 2 heterocycles. The smallest absolute Gasteiger partial charge is 0.269 e. The van der Waals surface area contributed by atoms with Crippen LogP contribution in [0.4, 0.5) is 4.39 Å². The highest BCUT2D eigenvalue weighted by Gasteiger charge is 2.43. The van der Waals surface area contributed by atoms with Gasteiger partial charge in [-0.1, -0.05) is 26.0 Å². The molecule has 1 N–H and O–H groups in total. The van der Waals surface area contributed by atoms with Crippen LogP contribution in [0.3, 0.4) is 0 Å². The Labute approximate surface area is 164 Å². The van der Waals surface area contributed by atoms with Crippen molar-refractivity contribution in [3.63, 3.8) is 0 Å². The maximum absolute atomic E-state index is 14.8. The summed E-state index contributed by atoms with van der Waals surface area (Å²) in [5.74, 6) is -0.449. The first-order chi connectivity index (χ1) is 13.3. The minimum atomic E-state index is -3.93. The molecule has 0 spiro atoms. The van der Waals surface area contributed by atoms with Crippen LogP contribution in [-0.2, 0) is 15.4 Å². The zero-order valence-electron chi connectivity index (χ0n) is 16.0. The number of nitrogens with zero attached hydrogens (tertiary/aromatic N) is 2. The van der Waals surface area contributed by atoms with Crippen LogP contribution in [-0.4, -0.2) is 24.4 Å². The first-order valence-corrected chi connectivity index (χ1v) is 10.5. The molecule has 0 saturated carbocycles. The molecule has 0 aliphatic heterocycles. The van der Waals surface area contributed by atoms with Crippen molar-refractivity contribution in [3.05, 3.63) is 71.9 Å². The molecular formula is C21H22FN3O2S. The lowest BCUT2D eigenvalue weighted by atomic mass is 9.84. The summed E-state index contributed by atoms with van der Waals surface area (Å²) in [6.07, 6.45) is 5.28. The molecule has 2 aromatic heterocycles. The number of aromatic nitrogens is 2. The van der Waals surface area contributed by atoms with Crippen LogP contribution >= 0.6 is 0 Å². The molecule has 5 nitrogen and oxygen atoms in total. The normalized spacial score (nSPS) is 18.2. The van der Waals surface area contributed by atoms with Crippen molar-refractivity contribution in [2.24, 2.45) is 0 Å². The maximum Gasteiger partial charge on any atom is 0.269 e. The van der Waals surface area contributed by atoms with Gasteiger partial charge >= 0.3 is 0 Å². The van der Waals surface area contributed by atoms with Crippen molar-refractivity contribution in [1.29, 1.82) is 0 Å². The lowest BCUT2D eigenvalue weighted by Gasteiger charge is -2.23. The molecule has 1 aromatic carbocycles. The van der Waals surface area contributed by atoms with Gasteiger partial charge in [-0.3, -0.25) is 4.98 Å². The highest BCUT2D eigenvalue weighted by Crippen LogP contribution is 2.50. The van der Waals surface area contributed by atoms with Crippen LogP contribution < -0.4 is 5.32 Å². The van der Waals surface area contributed by atoms with Crippen molar-refractivity contribution < 1.29 is 12.8 Å². The third kappa shape index (κ3) is 2.77. The van der Waals surface area contributed by atoms with Crippen molar-refractivity contribution in [2.75, 3.05) is 7.05 Å². The molecule has 1 atom stereocenters. The Kier molecular flexibility index (Phi) is 4.39. The number of benzene rings is 1. The third-order valence-electron chi connectivity index (χ3n) is 5.44. The quantitative estimate of drug-likeness (QED) is 0.723. The average molecular weight is 399 g/mol. The van der Waals surface area contributed by atoms with E-state index in [1.807, 2.05) is 7.05 Å². The van der Waals surface area contributed by atoms with E-state index < -0.39 is 15.8 Å². The lowest BCUT2D eigenvalue weighted by Crippen LogP contribution is -2.21. The van der Waals surface area contributed by atoms with Crippen LogP contribution in [0, 0.1) is 5.82 Å². The molecule has 0 fully saturated rings. The summed E-state index contributed by atoms with van der Waals surface area (Å²) in [5, 5.41) is 3.26. The van der Waals surface area contributed by atoms with Gasteiger partial charge in [0.25, 0.3) is 10.0 Å². The first-order valence-electron chi connectivity index (χ1n) is 9.11. The number of hydrogen-bond acceptors (Lipinski definition) is 4. The molecule has 1 unspecified atom stereocenters. The van der Waals surface area contributed by atoms with Crippen molar-refractivity contribution >= 4 is 10.0 Å². The summed E-state index contributed by atoms with van der Waals surface area (Å²) < 4.78 is 42.9. The van der Waals surface area contributed by atoms with Gasteiger partial charge in [0, 0.05) is 30.2 Å². The summed E-state index contributed by atoms with van der Waals surface area (Å²) in [6, 6.07) is 9.38. The fourth-order valence-electron chi connectivity index (χ4n) is 4.17. The monoisotopic (exact) mass is 399 g/mol. The third-order valence-corrected chi connectivity index (χ3v) is 7.08. The SMILES string of the molecule is CNC1CC(C)(C)c2c1cn(S(=O)(=O)c1cccnc1)c2-c1ccccc1F. The van der Waals surface area contributed by atoms with Crippen molar-refractivity contribution in [3.8, 4) is 11.3 Å². The summed E-state index contributed by atoms with van der Waals surface area (Å²) in [6.45, 7) is 4.13. The molecule has 146 valence electrons. The number of rotatable bonds is 4. The van der Waals surface area contributed by atoms with Crippen molar-refractivity contribution in [1.82, 2.24) is 14.3 Å². The number of fused-ring (bicyclic) bond motifs is 1. The fraction of sp³-hybridized carbons (Fsp3) is 0.286. The molecule has 28 heavy (non-hydrogen) atoms. The Bertz CT molecular complexity index is 1140. The first kappa shape index (κ1) is 18.8. The Morgan fingerprint density at radius 1 is 1.21 bits per heavy atom. The van der Waals surface area contributed by atoms with Crippen LogP contribution in [0.25, 0.3) is 11.3 Å². The lowest BCUT2D eigenvalue weighted by molar-refractivity contribution is 0.444. The van der Waals surface area contributed by atoms with Crippen LogP contribution in [0.2, 0.25) is 0 Å². The van der Waals surface area contributed by atoms with Gasteiger partial charge in [0.05, 0.1) is 5.69 Å². The highest BCUT2D eigenvalue weighted by atomic mass is 32.2. The van der Waals surface area contributed by atoms with Crippen LogP contribution in [0.1, 0.15) is 37.4 Å². The van der Waals surface area contributed by atoms with E-state index in [-0.39, 0.29) is 21.9 Å². The van der Waals surface area contributed by atoms with Gasteiger partial charge in [0.15, 0.2) is 0 Å². The minimum Gasteiger partial charge on any atom is -0.313 e. The maximum atomic E-state index is 14.8. The van der Waals surface area contributed by atoms with Crippen LogP contribution in [0.5, 0.6) is 0 Å². The molecule has 7 heteroatoms. The molecule has 1 aliphatic carbocycles. The van der Waals surface area contributed by atoms with Crippen molar-refractivity contribution in [2.45, 2.75) is 36.6 Å². The minimum absolute atomic E-state index is 0.000807. The Morgan fingerprint density at radius 2 is 1.96 bits per heavy atom. The van der Waals surface area contributed by atoms with Gasteiger partial charge < -0.3 is 5.32 Å². The van der Waals surface area contributed by atoms with E-state index in [1.54, 1.807) is 30.5 Å². The average Bonchev–Trinajstić information content (AvgIpc) is 3.19. The van der Waals surface area contributed by atoms with E-state index in [9.17, 15) is 12.8 Å². The molecule has 3 aromatic rings.